The molecule has 1 heterocycles. The Labute approximate surface area is 142 Å². The maximum atomic E-state index is 12.9. The van der Waals surface area contributed by atoms with Crippen molar-refractivity contribution in [3.05, 3.63) is 82.5 Å². The number of hydrogen-bond donors (Lipinski definition) is 2. The smallest absolute Gasteiger partial charge is 0.319 e. The first-order valence-corrected chi connectivity index (χ1v) is 7.97. The predicted octanol–water partition coefficient (Wildman–Crippen LogP) is 3.82. The first kappa shape index (κ1) is 15.5. The zero-order valence-corrected chi connectivity index (χ0v) is 13.8. The van der Waals surface area contributed by atoms with Gasteiger partial charge in [-0.05, 0) is 11.6 Å². The summed E-state index contributed by atoms with van der Waals surface area (Å²) < 4.78 is 0.839. The molecule has 3 rings (SSSR count). The number of rotatable bonds is 3. The third-order valence-corrected chi connectivity index (χ3v) is 4.57. The van der Waals surface area contributed by atoms with Gasteiger partial charge in [-0.25, -0.2) is 4.79 Å². The van der Waals surface area contributed by atoms with E-state index in [0.717, 1.165) is 10.0 Å². The number of amides is 2. The van der Waals surface area contributed by atoms with Crippen molar-refractivity contribution >= 4 is 27.7 Å². The number of nitrogens with one attached hydrogen (secondary N) is 2. The fraction of sp³-hybridized carbons (Fsp3) is 0.111. The molecule has 1 fully saturated rings. The van der Waals surface area contributed by atoms with Crippen LogP contribution in [0.1, 0.15) is 22.0 Å². The normalized spacial score (nSPS) is 20.6. The largest absolute Gasteiger partial charge is 0.330 e. The van der Waals surface area contributed by atoms with E-state index in [9.17, 15) is 9.59 Å². The van der Waals surface area contributed by atoms with Crippen LogP contribution in [0.25, 0.3) is 0 Å². The molecule has 0 bridgehead atoms. The lowest BCUT2D eigenvalue weighted by Crippen LogP contribution is -2.50. The maximum absolute atomic E-state index is 12.9. The minimum Gasteiger partial charge on any atom is -0.330 e. The van der Waals surface area contributed by atoms with Gasteiger partial charge in [0.2, 0.25) is 0 Å². The molecule has 1 saturated heterocycles. The van der Waals surface area contributed by atoms with E-state index >= 15 is 0 Å². The van der Waals surface area contributed by atoms with Crippen LogP contribution in [0.5, 0.6) is 0 Å². The van der Waals surface area contributed by atoms with Crippen LogP contribution in [-0.4, -0.2) is 11.8 Å². The van der Waals surface area contributed by atoms with Gasteiger partial charge in [0, 0.05) is 15.7 Å². The van der Waals surface area contributed by atoms with Crippen LogP contribution in [-0.2, 0) is 0 Å². The van der Waals surface area contributed by atoms with E-state index in [1.165, 1.54) is 0 Å². The Morgan fingerprint density at radius 3 is 2.39 bits per heavy atom. The second-order valence-electron chi connectivity index (χ2n) is 5.33. The number of benzene rings is 2. The van der Waals surface area contributed by atoms with Gasteiger partial charge < -0.3 is 10.6 Å². The van der Waals surface area contributed by atoms with Gasteiger partial charge >= 0.3 is 6.03 Å². The molecule has 2 amide bonds. The standard InChI is InChI=1S/C18H15BrN2O2/c1-11-15(17(22)12-7-3-2-4-8-12)16(21-18(23)20-11)13-9-5-6-10-14(13)19/h2-10,15-16H,1H2,(H2,20,21,23)/t15-,16-/m1/s1. The van der Waals surface area contributed by atoms with Crippen molar-refractivity contribution in [3.63, 3.8) is 0 Å². The Hall–Kier alpha value is -2.40. The molecular formula is C18H15BrN2O2. The topological polar surface area (TPSA) is 58.2 Å². The molecule has 2 aromatic rings. The summed E-state index contributed by atoms with van der Waals surface area (Å²) in [5, 5.41) is 5.46. The first-order chi connectivity index (χ1) is 11.1. The molecule has 0 aliphatic carbocycles. The maximum Gasteiger partial charge on any atom is 0.319 e. The third kappa shape index (κ3) is 3.05. The second kappa shape index (κ2) is 6.38. The summed E-state index contributed by atoms with van der Waals surface area (Å²) in [5.74, 6) is -0.655. The van der Waals surface area contributed by atoms with Gasteiger partial charge in [-0.3, -0.25) is 4.79 Å². The molecule has 1 aliphatic rings. The molecule has 0 spiro atoms. The van der Waals surface area contributed by atoms with Crippen molar-refractivity contribution in [2.45, 2.75) is 6.04 Å². The first-order valence-electron chi connectivity index (χ1n) is 7.18. The van der Waals surface area contributed by atoms with Crippen molar-refractivity contribution < 1.29 is 9.59 Å². The van der Waals surface area contributed by atoms with Crippen molar-refractivity contribution in [3.8, 4) is 0 Å². The lowest BCUT2D eigenvalue weighted by Gasteiger charge is -2.34. The number of carbonyl (C=O) groups is 2. The van der Waals surface area contributed by atoms with E-state index in [4.69, 9.17) is 0 Å². The molecule has 23 heavy (non-hydrogen) atoms. The van der Waals surface area contributed by atoms with Gasteiger partial charge in [-0.15, -0.1) is 0 Å². The molecule has 5 heteroatoms. The summed E-state index contributed by atoms with van der Waals surface area (Å²) in [6.45, 7) is 3.89. The third-order valence-electron chi connectivity index (χ3n) is 3.85. The van der Waals surface area contributed by atoms with Gasteiger partial charge in [-0.2, -0.15) is 0 Å². The quantitative estimate of drug-likeness (QED) is 0.806. The molecule has 0 saturated carbocycles. The Kier molecular flexibility index (Phi) is 4.30. The lowest BCUT2D eigenvalue weighted by atomic mass is 9.83. The zero-order chi connectivity index (χ0) is 16.4. The van der Waals surface area contributed by atoms with Gasteiger partial charge in [0.1, 0.15) is 0 Å². The van der Waals surface area contributed by atoms with E-state index in [-0.39, 0.29) is 11.8 Å². The highest BCUT2D eigenvalue weighted by Gasteiger charge is 2.38. The summed E-state index contributed by atoms with van der Waals surface area (Å²) in [5.41, 5.74) is 1.84. The molecular weight excluding hydrogens is 356 g/mol. The molecule has 2 aromatic carbocycles. The molecule has 4 nitrogen and oxygen atoms in total. The fourth-order valence-corrected chi connectivity index (χ4v) is 3.29. The number of Topliss-reactive ketones (excluding diaryl/α,β-unsaturated/α-hetero) is 1. The van der Waals surface area contributed by atoms with Crippen molar-refractivity contribution in [1.82, 2.24) is 10.6 Å². The number of hydrogen-bond acceptors (Lipinski definition) is 2. The van der Waals surface area contributed by atoms with Crippen LogP contribution in [0.4, 0.5) is 4.79 Å². The van der Waals surface area contributed by atoms with Gasteiger partial charge in [0.05, 0.1) is 12.0 Å². The minimum absolute atomic E-state index is 0.0798. The SMILES string of the molecule is C=C1NC(=O)N[C@H](c2ccccc2Br)[C@@H]1C(=O)c1ccccc1. The number of ketones is 1. The second-order valence-corrected chi connectivity index (χ2v) is 6.19. The number of urea groups is 1. The van der Waals surface area contributed by atoms with Crippen molar-refractivity contribution in [2.75, 3.05) is 0 Å². The Bertz CT molecular complexity index is 774. The molecule has 0 radical (unpaired) electrons. The molecule has 2 atom stereocenters. The summed E-state index contributed by atoms with van der Waals surface area (Å²) in [6, 6.07) is 15.7. The van der Waals surface area contributed by atoms with E-state index in [1.807, 2.05) is 42.5 Å². The van der Waals surface area contributed by atoms with Gasteiger partial charge in [-0.1, -0.05) is 71.0 Å². The van der Waals surface area contributed by atoms with Crippen LogP contribution in [0, 0.1) is 5.92 Å². The van der Waals surface area contributed by atoms with E-state index in [0.29, 0.717) is 11.3 Å². The summed E-state index contributed by atoms with van der Waals surface area (Å²) in [4.78, 5) is 24.8. The van der Waals surface area contributed by atoms with Crippen LogP contribution >= 0.6 is 15.9 Å². The van der Waals surface area contributed by atoms with E-state index < -0.39 is 12.0 Å². The summed E-state index contributed by atoms with van der Waals surface area (Å²) in [7, 11) is 0. The van der Waals surface area contributed by atoms with Crippen molar-refractivity contribution in [1.29, 1.82) is 0 Å². The zero-order valence-electron chi connectivity index (χ0n) is 12.3. The summed E-state index contributed by atoms with van der Waals surface area (Å²) >= 11 is 3.49. The molecule has 0 unspecified atom stereocenters. The van der Waals surface area contributed by atoms with Crippen molar-refractivity contribution in [2.24, 2.45) is 5.92 Å². The number of halogens is 1. The fourth-order valence-electron chi connectivity index (χ4n) is 2.76. The Morgan fingerprint density at radius 2 is 1.70 bits per heavy atom. The highest BCUT2D eigenvalue weighted by Crippen LogP contribution is 2.35. The van der Waals surface area contributed by atoms with Crippen LogP contribution in [0.3, 0.4) is 0 Å². The monoisotopic (exact) mass is 370 g/mol. The Balaban J connectivity index is 2.04. The molecule has 116 valence electrons. The lowest BCUT2D eigenvalue weighted by molar-refractivity contribution is 0.0905. The highest BCUT2D eigenvalue weighted by molar-refractivity contribution is 9.10. The van der Waals surface area contributed by atoms with Crippen LogP contribution < -0.4 is 10.6 Å². The molecule has 2 N–H and O–H groups in total. The minimum atomic E-state index is -0.575. The van der Waals surface area contributed by atoms with E-state index in [1.54, 1.807) is 12.1 Å². The van der Waals surface area contributed by atoms with Gasteiger partial charge in [0.15, 0.2) is 5.78 Å². The predicted molar refractivity (Wildman–Crippen MR) is 92.0 cm³/mol. The molecule has 0 aromatic heterocycles. The van der Waals surface area contributed by atoms with Gasteiger partial charge in [0.25, 0.3) is 0 Å². The molecule has 1 aliphatic heterocycles. The highest BCUT2D eigenvalue weighted by atomic mass is 79.9. The van der Waals surface area contributed by atoms with Crippen LogP contribution in [0.15, 0.2) is 71.3 Å². The average molecular weight is 371 g/mol. The average Bonchev–Trinajstić information content (AvgIpc) is 2.55. The number of carbonyl (C=O) groups excluding carboxylic acids is 2. The van der Waals surface area contributed by atoms with Crippen LogP contribution in [0.2, 0.25) is 0 Å². The Morgan fingerprint density at radius 1 is 1.04 bits per heavy atom. The van der Waals surface area contributed by atoms with E-state index in [2.05, 4.69) is 33.1 Å². The summed E-state index contributed by atoms with van der Waals surface area (Å²) in [6.07, 6.45) is 0.